The number of hydrogen-bond donors (Lipinski definition) is 2. The van der Waals surface area contributed by atoms with Crippen LogP contribution in [0.4, 0.5) is 0 Å². The zero-order valence-electron chi connectivity index (χ0n) is 12.2. The van der Waals surface area contributed by atoms with E-state index in [1.165, 1.54) is 30.2 Å². The van der Waals surface area contributed by atoms with E-state index in [4.69, 9.17) is 9.52 Å². The van der Waals surface area contributed by atoms with Gasteiger partial charge in [-0.15, -0.1) is 0 Å². The van der Waals surface area contributed by atoms with E-state index in [0.717, 1.165) is 0 Å². The van der Waals surface area contributed by atoms with Crippen LogP contribution in [0.1, 0.15) is 26.0 Å². The van der Waals surface area contributed by atoms with E-state index in [1.54, 1.807) is 12.1 Å². The summed E-state index contributed by atoms with van der Waals surface area (Å²) < 4.78 is 5.10. The van der Waals surface area contributed by atoms with Crippen LogP contribution in [-0.4, -0.2) is 46.2 Å². The minimum Gasteiger partial charge on any atom is -0.481 e. The summed E-state index contributed by atoms with van der Waals surface area (Å²) >= 11 is 0. The summed E-state index contributed by atoms with van der Waals surface area (Å²) in [6.45, 7) is 3.21. The van der Waals surface area contributed by atoms with Crippen molar-refractivity contribution >= 4 is 18.0 Å². The van der Waals surface area contributed by atoms with Crippen LogP contribution < -0.4 is 0 Å². The maximum absolute atomic E-state index is 12.2. The van der Waals surface area contributed by atoms with Crippen molar-refractivity contribution in [2.75, 3.05) is 13.2 Å². The number of hydrogen-bond acceptors (Lipinski definition) is 4. The van der Waals surface area contributed by atoms with Crippen LogP contribution in [0.25, 0.3) is 6.08 Å². The standard InChI is InChI=1S/C15H21NO5/c1-3-12(10-17)16(9-11(2)15(19)20)14(18)7-6-13-5-4-8-21-13/h4-8,11-12,17H,3,9-10H2,1-2H3,(H,19,20)/b7-6+. The van der Waals surface area contributed by atoms with Crippen molar-refractivity contribution < 1.29 is 24.2 Å². The predicted molar refractivity (Wildman–Crippen MR) is 77.4 cm³/mol. The number of nitrogens with zero attached hydrogens (tertiary/aromatic N) is 1. The second-order valence-corrected chi connectivity index (χ2v) is 4.82. The Hall–Kier alpha value is -2.08. The van der Waals surface area contributed by atoms with Crippen molar-refractivity contribution in [1.29, 1.82) is 0 Å². The fourth-order valence-electron chi connectivity index (χ4n) is 1.88. The fourth-order valence-corrected chi connectivity index (χ4v) is 1.88. The average molecular weight is 295 g/mol. The van der Waals surface area contributed by atoms with Crippen LogP contribution in [-0.2, 0) is 9.59 Å². The molecule has 0 aliphatic carbocycles. The van der Waals surface area contributed by atoms with Crippen LogP contribution >= 0.6 is 0 Å². The van der Waals surface area contributed by atoms with Crippen molar-refractivity contribution in [3.63, 3.8) is 0 Å². The second kappa shape index (κ2) is 8.26. The van der Waals surface area contributed by atoms with Crippen LogP contribution in [0, 0.1) is 5.92 Å². The highest BCUT2D eigenvalue weighted by Gasteiger charge is 2.24. The molecule has 6 heteroatoms. The maximum Gasteiger partial charge on any atom is 0.308 e. The minimum atomic E-state index is -0.976. The molecule has 21 heavy (non-hydrogen) atoms. The normalized spacial score (nSPS) is 14.0. The first-order chi connectivity index (χ1) is 9.99. The van der Waals surface area contributed by atoms with Crippen LogP contribution in [0.3, 0.4) is 0 Å². The Morgan fingerprint density at radius 3 is 2.67 bits per heavy atom. The molecule has 0 fully saturated rings. The molecule has 1 aromatic rings. The lowest BCUT2D eigenvalue weighted by Gasteiger charge is -2.30. The third kappa shape index (κ3) is 5.07. The Morgan fingerprint density at radius 2 is 2.19 bits per heavy atom. The molecule has 116 valence electrons. The number of amides is 1. The van der Waals surface area contributed by atoms with E-state index in [-0.39, 0.29) is 19.1 Å². The Morgan fingerprint density at radius 1 is 1.48 bits per heavy atom. The number of aliphatic hydroxyl groups excluding tert-OH is 1. The van der Waals surface area contributed by atoms with Crippen molar-refractivity contribution in [3.8, 4) is 0 Å². The number of carbonyl (C=O) groups is 2. The van der Waals surface area contributed by atoms with Gasteiger partial charge < -0.3 is 19.5 Å². The van der Waals surface area contributed by atoms with Gasteiger partial charge in [-0.05, 0) is 24.6 Å². The van der Waals surface area contributed by atoms with Gasteiger partial charge in [0.15, 0.2) is 0 Å². The summed E-state index contributed by atoms with van der Waals surface area (Å²) in [6, 6.07) is 3.01. The van der Waals surface area contributed by atoms with E-state index in [0.29, 0.717) is 12.2 Å². The zero-order chi connectivity index (χ0) is 15.8. The summed E-state index contributed by atoms with van der Waals surface area (Å²) in [6.07, 6.45) is 4.89. The molecule has 1 aromatic heterocycles. The third-order valence-electron chi connectivity index (χ3n) is 3.23. The molecule has 0 radical (unpaired) electrons. The number of furan rings is 1. The first kappa shape index (κ1) is 17.0. The number of carboxylic acid groups (broad SMARTS) is 1. The maximum atomic E-state index is 12.2. The summed E-state index contributed by atoms with van der Waals surface area (Å²) in [7, 11) is 0. The molecule has 2 unspecified atom stereocenters. The Kier molecular flexibility index (Phi) is 6.68. The van der Waals surface area contributed by atoms with Crippen molar-refractivity contribution in [2.24, 2.45) is 5.92 Å². The SMILES string of the molecule is CCC(CO)N(CC(C)C(=O)O)C(=O)/C=C/c1ccco1. The molecule has 1 heterocycles. The highest BCUT2D eigenvalue weighted by atomic mass is 16.4. The van der Waals surface area contributed by atoms with Gasteiger partial charge in [-0.1, -0.05) is 13.8 Å². The monoisotopic (exact) mass is 295 g/mol. The smallest absolute Gasteiger partial charge is 0.308 e. The molecule has 0 spiro atoms. The van der Waals surface area contributed by atoms with Crippen LogP contribution in [0.2, 0.25) is 0 Å². The van der Waals surface area contributed by atoms with Gasteiger partial charge in [-0.25, -0.2) is 0 Å². The first-order valence-corrected chi connectivity index (χ1v) is 6.85. The first-order valence-electron chi connectivity index (χ1n) is 6.85. The highest BCUT2D eigenvalue weighted by Crippen LogP contribution is 2.11. The summed E-state index contributed by atoms with van der Waals surface area (Å²) in [5.41, 5.74) is 0. The van der Waals surface area contributed by atoms with E-state index in [9.17, 15) is 14.7 Å². The molecule has 2 atom stereocenters. The molecule has 0 aromatic carbocycles. The van der Waals surface area contributed by atoms with Gasteiger partial charge >= 0.3 is 5.97 Å². The lowest BCUT2D eigenvalue weighted by Crippen LogP contribution is -2.44. The van der Waals surface area contributed by atoms with Crippen molar-refractivity contribution in [1.82, 2.24) is 4.90 Å². The zero-order valence-corrected chi connectivity index (χ0v) is 12.2. The van der Waals surface area contributed by atoms with Crippen LogP contribution in [0.15, 0.2) is 28.9 Å². The van der Waals surface area contributed by atoms with Gasteiger partial charge in [0.2, 0.25) is 5.91 Å². The summed E-state index contributed by atoms with van der Waals surface area (Å²) in [5.74, 6) is -1.49. The van der Waals surface area contributed by atoms with Gasteiger partial charge in [-0.2, -0.15) is 0 Å². The number of carboxylic acids is 1. The minimum absolute atomic E-state index is 0.0513. The fraction of sp³-hybridized carbons (Fsp3) is 0.467. The summed E-state index contributed by atoms with van der Waals surface area (Å²) in [4.78, 5) is 24.6. The highest BCUT2D eigenvalue weighted by molar-refractivity contribution is 5.92. The van der Waals surface area contributed by atoms with E-state index >= 15 is 0 Å². The number of carbonyl (C=O) groups excluding carboxylic acids is 1. The Bertz CT molecular complexity index is 476. The quantitative estimate of drug-likeness (QED) is 0.711. The molecule has 0 saturated heterocycles. The molecular weight excluding hydrogens is 274 g/mol. The van der Waals surface area contributed by atoms with Gasteiger partial charge in [-0.3, -0.25) is 9.59 Å². The number of rotatable bonds is 8. The van der Waals surface area contributed by atoms with Crippen molar-refractivity contribution in [3.05, 3.63) is 30.2 Å². The molecule has 0 aliphatic rings. The molecule has 0 saturated carbocycles. The Balaban J connectivity index is 2.83. The van der Waals surface area contributed by atoms with Gasteiger partial charge in [0.05, 0.1) is 24.8 Å². The molecule has 1 rings (SSSR count). The molecule has 1 amide bonds. The molecule has 6 nitrogen and oxygen atoms in total. The topological polar surface area (TPSA) is 91.0 Å². The molecule has 0 aliphatic heterocycles. The van der Waals surface area contributed by atoms with E-state index in [1.807, 2.05) is 6.92 Å². The van der Waals surface area contributed by atoms with Crippen molar-refractivity contribution in [2.45, 2.75) is 26.3 Å². The average Bonchev–Trinajstić information content (AvgIpc) is 2.97. The lowest BCUT2D eigenvalue weighted by atomic mass is 10.1. The Labute approximate surface area is 123 Å². The number of aliphatic hydroxyl groups is 1. The number of aliphatic carboxylic acids is 1. The summed E-state index contributed by atoms with van der Waals surface area (Å²) in [5, 5.41) is 18.4. The van der Waals surface area contributed by atoms with Gasteiger partial charge in [0.25, 0.3) is 0 Å². The van der Waals surface area contributed by atoms with E-state index in [2.05, 4.69) is 0 Å². The molecule has 2 N–H and O–H groups in total. The third-order valence-corrected chi connectivity index (χ3v) is 3.23. The lowest BCUT2D eigenvalue weighted by molar-refractivity contribution is -0.143. The predicted octanol–water partition coefficient (Wildman–Crippen LogP) is 1.61. The molecular formula is C15H21NO5. The van der Waals surface area contributed by atoms with Gasteiger partial charge in [0.1, 0.15) is 5.76 Å². The van der Waals surface area contributed by atoms with Crippen LogP contribution in [0.5, 0.6) is 0 Å². The molecule has 0 bridgehead atoms. The van der Waals surface area contributed by atoms with Gasteiger partial charge in [0, 0.05) is 12.6 Å². The second-order valence-electron chi connectivity index (χ2n) is 4.82. The largest absolute Gasteiger partial charge is 0.481 e. The van der Waals surface area contributed by atoms with E-state index < -0.39 is 17.9 Å².